The maximum atomic E-state index is 5.93. The Bertz CT molecular complexity index is 467. The van der Waals surface area contributed by atoms with Crippen LogP contribution in [-0.2, 0) is 4.74 Å². The van der Waals surface area contributed by atoms with Crippen LogP contribution in [0.5, 0.6) is 0 Å². The van der Waals surface area contributed by atoms with Crippen LogP contribution in [0, 0.1) is 13.8 Å². The van der Waals surface area contributed by atoms with E-state index < -0.39 is 0 Å². The third-order valence-corrected chi connectivity index (χ3v) is 4.51. The summed E-state index contributed by atoms with van der Waals surface area (Å²) in [6, 6.07) is 0.885. The second-order valence-corrected chi connectivity index (χ2v) is 6.57. The molecule has 2 atom stereocenters. The molecule has 1 fully saturated rings. The summed E-state index contributed by atoms with van der Waals surface area (Å²) < 4.78 is 8.03. The minimum atomic E-state index is 0.0196. The van der Waals surface area contributed by atoms with Crippen molar-refractivity contribution in [1.29, 1.82) is 0 Å². The molecule has 4 heteroatoms. The Morgan fingerprint density at radius 3 is 2.70 bits per heavy atom. The van der Waals surface area contributed by atoms with Crippen LogP contribution < -0.4 is 5.32 Å². The Balaban J connectivity index is 2.14. The van der Waals surface area contributed by atoms with Gasteiger partial charge in [-0.1, -0.05) is 6.92 Å². The number of hydrogen-bond donors (Lipinski definition) is 1. The van der Waals surface area contributed by atoms with E-state index in [9.17, 15) is 0 Å². The Labute approximate surface area is 122 Å². The van der Waals surface area contributed by atoms with Crippen LogP contribution in [0.1, 0.15) is 64.4 Å². The quantitative estimate of drug-likeness (QED) is 0.910. The third kappa shape index (κ3) is 3.00. The highest BCUT2D eigenvalue weighted by Gasteiger charge is 2.32. The van der Waals surface area contributed by atoms with E-state index in [1.165, 1.54) is 11.4 Å². The van der Waals surface area contributed by atoms with E-state index in [0.29, 0.717) is 12.1 Å². The summed E-state index contributed by atoms with van der Waals surface area (Å²) in [5.74, 6) is 0. The van der Waals surface area contributed by atoms with Gasteiger partial charge in [-0.3, -0.25) is 4.68 Å². The van der Waals surface area contributed by atoms with Gasteiger partial charge in [-0.15, -0.1) is 0 Å². The summed E-state index contributed by atoms with van der Waals surface area (Å²) in [7, 11) is 0. The molecule has 0 amide bonds. The van der Waals surface area contributed by atoms with Crippen molar-refractivity contribution in [2.45, 2.75) is 78.5 Å². The lowest BCUT2D eigenvalue weighted by atomic mass is 9.89. The first kappa shape index (κ1) is 15.4. The van der Waals surface area contributed by atoms with E-state index >= 15 is 0 Å². The molecular formula is C16H29N3O. The minimum absolute atomic E-state index is 0.0196. The van der Waals surface area contributed by atoms with Crippen molar-refractivity contribution in [3.63, 3.8) is 0 Å². The molecule has 1 aliphatic rings. The van der Waals surface area contributed by atoms with Crippen LogP contribution in [0.3, 0.4) is 0 Å². The number of hydrogen-bond acceptors (Lipinski definition) is 3. The van der Waals surface area contributed by atoms with Gasteiger partial charge in [0.05, 0.1) is 22.7 Å². The van der Waals surface area contributed by atoms with Crippen LogP contribution >= 0.6 is 0 Å². The van der Waals surface area contributed by atoms with Crippen LogP contribution in [0.15, 0.2) is 0 Å². The second kappa shape index (κ2) is 5.76. The number of anilines is 1. The number of nitrogens with one attached hydrogen (secondary N) is 1. The molecule has 0 bridgehead atoms. The van der Waals surface area contributed by atoms with E-state index in [4.69, 9.17) is 4.74 Å². The molecule has 114 valence electrons. The second-order valence-electron chi connectivity index (χ2n) is 6.57. The molecule has 4 nitrogen and oxygen atoms in total. The van der Waals surface area contributed by atoms with Gasteiger partial charge < -0.3 is 10.1 Å². The van der Waals surface area contributed by atoms with E-state index in [1.807, 2.05) is 0 Å². The first-order valence-electron chi connectivity index (χ1n) is 7.82. The number of ether oxygens (including phenoxy) is 1. The van der Waals surface area contributed by atoms with Crippen LogP contribution in [0.4, 0.5) is 5.69 Å². The Morgan fingerprint density at radius 2 is 2.15 bits per heavy atom. The molecule has 0 aliphatic carbocycles. The molecule has 2 heterocycles. The fraction of sp³-hybridized carbons (Fsp3) is 0.812. The zero-order chi connectivity index (χ0) is 14.9. The molecule has 0 aromatic carbocycles. The third-order valence-electron chi connectivity index (χ3n) is 4.51. The highest BCUT2D eigenvalue weighted by atomic mass is 16.5. The van der Waals surface area contributed by atoms with Crippen molar-refractivity contribution in [1.82, 2.24) is 9.78 Å². The predicted octanol–water partition coefficient (Wildman–Crippen LogP) is 3.84. The van der Waals surface area contributed by atoms with Crippen molar-refractivity contribution in [3.05, 3.63) is 11.4 Å². The first-order chi connectivity index (χ1) is 9.36. The normalized spacial score (nSPS) is 27.1. The minimum Gasteiger partial charge on any atom is -0.379 e. The predicted molar refractivity (Wildman–Crippen MR) is 83.4 cm³/mol. The molecule has 1 aromatic heterocycles. The smallest absolute Gasteiger partial charge is 0.0828 e. The molecule has 0 radical (unpaired) electrons. The number of nitrogens with zero attached hydrogens (tertiary/aromatic N) is 2. The van der Waals surface area contributed by atoms with Gasteiger partial charge in [0.15, 0.2) is 0 Å². The van der Waals surface area contributed by atoms with Crippen LogP contribution in [0.25, 0.3) is 0 Å². The van der Waals surface area contributed by atoms with E-state index in [2.05, 4.69) is 56.6 Å². The highest BCUT2D eigenvalue weighted by molar-refractivity contribution is 5.53. The topological polar surface area (TPSA) is 39.1 Å². The lowest BCUT2D eigenvalue weighted by molar-refractivity contribution is -0.0709. The molecule has 2 rings (SSSR count). The van der Waals surface area contributed by atoms with Gasteiger partial charge in [-0.05, 0) is 53.9 Å². The lowest BCUT2D eigenvalue weighted by Crippen LogP contribution is -2.42. The molecule has 1 N–H and O–H groups in total. The summed E-state index contributed by atoms with van der Waals surface area (Å²) in [5.41, 5.74) is 3.57. The fourth-order valence-electron chi connectivity index (χ4n) is 3.08. The van der Waals surface area contributed by atoms with Gasteiger partial charge >= 0.3 is 0 Å². The van der Waals surface area contributed by atoms with Crippen molar-refractivity contribution in [2.75, 3.05) is 11.9 Å². The van der Waals surface area contributed by atoms with Crippen molar-refractivity contribution in [2.24, 2.45) is 0 Å². The molecule has 2 unspecified atom stereocenters. The average molecular weight is 279 g/mol. The molecule has 1 aromatic rings. The monoisotopic (exact) mass is 279 g/mol. The van der Waals surface area contributed by atoms with Crippen molar-refractivity contribution >= 4 is 5.69 Å². The molecule has 20 heavy (non-hydrogen) atoms. The molecule has 0 spiro atoms. The fourth-order valence-corrected chi connectivity index (χ4v) is 3.08. The highest BCUT2D eigenvalue weighted by Crippen LogP contribution is 2.31. The maximum absolute atomic E-state index is 5.93. The Kier molecular flexibility index (Phi) is 4.43. The number of rotatable bonds is 4. The molecule has 1 aliphatic heterocycles. The maximum Gasteiger partial charge on any atom is 0.0828 e. The van der Waals surface area contributed by atoms with Gasteiger partial charge in [0, 0.05) is 18.7 Å². The van der Waals surface area contributed by atoms with Gasteiger partial charge in [0.25, 0.3) is 0 Å². The Morgan fingerprint density at radius 1 is 1.45 bits per heavy atom. The van der Waals surface area contributed by atoms with E-state index in [-0.39, 0.29) is 5.60 Å². The number of aryl methyl sites for hydroxylation is 1. The van der Waals surface area contributed by atoms with Crippen LogP contribution in [0.2, 0.25) is 0 Å². The van der Waals surface area contributed by atoms with E-state index in [1.54, 1.807) is 0 Å². The summed E-state index contributed by atoms with van der Waals surface area (Å²) in [6.07, 6.45) is 3.20. The Hall–Kier alpha value is -1.03. The summed E-state index contributed by atoms with van der Waals surface area (Å²) in [4.78, 5) is 0. The number of aromatic nitrogens is 2. The van der Waals surface area contributed by atoms with Crippen LogP contribution in [-0.4, -0.2) is 28.0 Å². The zero-order valence-electron chi connectivity index (χ0n) is 13.8. The largest absolute Gasteiger partial charge is 0.379 e. The van der Waals surface area contributed by atoms with Crippen molar-refractivity contribution in [3.8, 4) is 0 Å². The van der Waals surface area contributed by atoms with Gasteiger partial charge in [0.2, 0.25) is 0 Å². The molecule has 1 saturated heterocycles. The van der Waals surface area contributed by atoms with Gasteiger partial charge in [0.1, 0.15) is 0 Å². The zero-order valence-corrected chi connectivity index (χ0v) is 13.8. The average Bonchev–Trinajstić information content (AvgIpc) is 2.67. The van der Waals surface area contributed by atoms with Gasteiger partial charge in [-0.2, -0.15) is 5.10 Å². The molecular weight excluding hydrogens is 250 g/mol. The van der Waals surface area contributed by atoms with Crippen molar-refractivity contribution < 1.29 is 4.74 Å². The van der Waals surface area contributed by atoms with E-state index in [0.717, 1.165) is 31.6 Å². The first-order valence-corrected chi connectivity index (χ1v) is 7.82. The molecule has 0 saturated carbocycles. The van der Waals surface area contributed by atoms with Gasteiger partial charge in [-0.25, -0.2) is 0 Å². The standard InChI is InChI=1S/C16H29N3O/c1-7-16(6)10-14(8-9-20-16)17-15-12(4)18-19(11(2)3)13(15)5/h11,14,17H,7-10H2,1-6H3. The summed E-state index contributed by atoms with van der Waals surface area (Å²) >= 11 is 0. The summed E-state index contributed by atoms with van der Waals surface area (Å²) in [5, 5.41) is 8.37. The SMILES string of the molecule is CCC1(C)CC(Nc2c(C)nn(C(C)C)c2C)CCO1. The summed E-state index contributed by atoms with van der Waals surface area (Å²) in [6.45, 7) is 13.9. The lowest BCUT2D eigenvalue weighted by Gasteiger charge is -2.38.